The molecule has 9 nitrogen and oxygen atoms in total. The Kier molecular flexibility index (Phi) is 4.08. The largest absolute Gasteiger partial charge is 0.390 e. The Morgan fingerprint density at radius 2 is 2.00 bits per heavy atom. The molecule has 138 valence electrons. The van der Waals surface area contributed by atoms with Crippen LogP contribution in [-0.2, 0) is 13.5 Å². The number of rotatable bonds is 5. The predicted octanol–water partition coefficient (Wildman–Crippen LogP) is 1.98. The highest BCUT2D eigenvalue weighted by atomic mass is 16.3. The monoisotopic (exact) mass is 364 g/mol. The van der Waals surface area contributed by atoms with Crippen molar-refractivity contribution in [3.05, 3.63) is 48.7 Å². The molecule has 0 amide bonds. The average Bonchev–Trinajstić information content (AvgIpc) is 3.20. The van der Waals surface area contributed by atoms with Gasteiger partial charge in [0.2, 0.25) is 5.95 Å². The van der Waals surface area contributed by atoms with Crippen LogP contribution in [0.4, 0.5) is 11.8 Å². The van der Waals surface area contributed by atoms with E-state index in [2.05, 4.69) is 30.6 Å². The molecule has 4 heterocycles. The van der Waals surface area contributed by atoms with Crippen molar-refractivity contribution in [2.45, 2.75) is 25.9 Å². The number of fused-ring (bicyclic) bond motifs is 1. The molecule has 9 heteroatoms. The Morgan fingerprint density at radius 1 is 1.15 bits per heavy atom. The number of nitrogens with one attached hydrogen (secondary N) is 1. The second kappa shape index (κ2) is 6.44. The van der Waals surface area contributed by atoms with E-state index in [0.29, 0.717) is 23.8 Å². The maximum atomic E-state index is 10.0. The molecule has 0 aliphatic carbocycles. The quantitative estimate of drug-likeness (QED) is 0.558. The first-order chi connectivity index (χ1) is 12.9. The summed E-state index contributed by atoms with van der Waals surface area (Å²) in [6, 6.07) is 7.55. The number of nitrogens with zero attached hydrogens (tertiary/aromatic N) is 7. The summed E-state index contributed by atoms with van der Waals surface area (Å²) in [5.74, 6) is 2.00. The minimum absolute atomic E-state index is 0.416. The molecule has 2 N–H and O–H groups in total. The van der Waals surface area contributed by atoms with Crippen LogP contribution in [0.3, 0.4) is 0 Å². The van der Waals surface area contributed by atoms with E-state index in [9.17, 15) is 5.11 Å². The van der Waals surface area contributed by atoms with E-state index in [4.69, 9.17) is 0 Å². The normalized spacial score (nSPS) is 11.9. The van der Waals surface area contributed by atoms with Crippen LogP contribution >= 0.6 is 0 Å². The zero-order valence-corrected chi connectivity index (χ0v) is 15.3. The van der Waals surface area contributed by atoms with Crippen molar-refractivity contribution in [2.75, 3.05) is 5.32 Å². The molecule has 0 bridgehead atoms. The molecule has 0 radical (unpaired) electrons. The molecule has 0 aromatic carbocycles. The predicted molar refractivity (Wildman–Crippen MR) is 101 cm³/mol. The van der Waals surface area contributed by atoms with Crippen LogP contribution in [0.15, 0.2) is 42.9 Å². The summed E-state index contributed by atoms with van der Waals surface area (Å²) in [5.41, 5.74) is 1.52. The van der Waals surface area contributed by atoms with Crippen molar-refractivity contribution in [2.24, 2.45) is 7.05 Å². The Morgan fingerprint density at radius 3 is 2.74 bits per heavy atom. The van der Waals surface area contributed by atoms with E-state index in [1.807, 2.05) is 41.9 Å². The lowest BCUT2D eigenvalue weighted by molar-refractivity contribution is 0.0785. The summed E-state index contributed by atoms with van der Waals surface area (Å²) in [6.07, 6.45) is 5.72. The first-order valence-corrected chi connectivity index (χ1v) is 8.53. The van der Waals surface area contributed by atoms with Gasteiger partial charge in [0.15, 0.2) is 5.65 Å². The molecule has 0 saturated heterocycles. The van der Waals surface area contributed by atoms with Crippen molar-refractivity contribution < 1.29 is 5.11 Å². The van der Waals surface area contributed by atoms with Gasteiger partial charge in [0.25, 0.3) is 0 Å². The van der Waals surface area contributed by atoms with Crippen LogP contribution < -0.4 is 5.32 Å². The molecule has 4 aromatic rings. The lowest BCUT2D eigenvalue weighted by Crippen LogP contribution is -2.23. The number of pyridine rings is 1. The Bertz CT molecular complexity index is 1090. The summed E-state index contributed by atoms with van der Waals surface area (Å²) in [4.78, 5) is 8.83. The second-order valence-electron chi connectivity index (χ2n) is 6.98. The smallest absolute Gasteiger partial charge is 0.228 e. The van der Waals surface area contributed by atoms with E-state index in [0.717, 1.165) is 17.1 Å². The molecule has 0 atom stereocenters. The fourth-order valence-corrected chi connectivity index (χ4v) is 2.80. The van der Waals surface area contributed by atoms with Crippen LogP contribution in [0.1, 0.15) is 19.7 Å². The average molecular weight is 364 g/mol. The minimum atomic E-state index is -0.847. The van der Waals surface area contributed by atoms with Gasteiger partial charge < -0.3 is 10.4 Å². The van der Waals surface area contributed by atoms with E-state index in [1.165, 1.54) is 0 Å². The number of aliphatic hydroxyl groups is 1. The van der Waals surface area contributed by atoms with Gasteiger partial charge in [0.1, 0.15) is 11.6 Å². The number of hydrogen-bond acceptors (Lipinski definition) is 7. The maximum absolute atomic E-state index is 10.0. The maximum Gasteiger partial charge on any atom is 0.228 e. The van der Waals surface area contributed by atoms with E-state index in [-0.39, 0.29) is 0 Å². The summed E-state index contributed by atoms with van der Waals surface area (Å²) in [7, 11) is 1.84. The topological polar surface area (TPSA) is 106 Å². The third kappa shape index (κ3) is 3.63. The van der Waals surface area contributed by atoms with Gasteiger partial charge in [-0.15, -0.1) is 10.2 Å². The summed E-state index contributed by atoms with van der Waals surface area (Å²) in [6.45, 7) is 3.50. The molecule has 0 unspecified atom stereocenters. The molecule has 0 spiro atoms. The van der Waals surface area contributed by atoms with Crippen molar-refractivity contribution >= 4 is 17.4 Å². The summed E-state index contributed by atoms with van der Waals surface area (Å²) >= 11 is 0. The number of hydrogen-bond donors (Lipinski definition) is 2. The van der Waals surface area contributed by atoms with Crippen LogP contribution in [0.25, 0.3) is 16.9 Å². The Labute approximate surface area is 155 Å². The molecule has 4 rings (SSSR count). The highest BCUT2D eigenvalue weighted by Crippen LogP contribution is 2.21. The lowest BCUT2D eigenvalue weighted by Gasteiger charge is -2.15. The van der Waals surface area contributed by atoms with Crippen molar-refractivity contribution in [1.82, 2.24) is 34.3 Å². The van der Waals surface area contributed by atoms with Gasteiger partial charge in [-0.25, -0.2) is 9.97 Å². The minimum Gasteiger partial charge on any atom is -0.390 e. The first kappa shape index (κ1) is 17.1. The summed E-state index contributed by atoms with van der Waals surface area (Å²) in [5, 5.41) is 25.7. The molecule has 0 aliphatic rings. The van der Waals surface area contributed by atoms with Gasteiger partial charge in [0.05, 0.1) is 17.5 Å². The molecule has 0 aliphatic heterocycles. The van der Waals surface area contributed by atoms with Crippen molar-refractivity contribution in [1.29, 1.82) is 0 Å². The molecule has 0 fully saturated rings. The zero-order chi connectivity index (χ0) is 19.0. The molecular formula is C18H20N8O. The molecule has 4 aromatic heterocycles. The fraction of sp³-hybridized carbons (Fsp3) is 0.278. The molecule has 27 heavy (non-hydrogen) atoms. The SMILES string of the molecule is Cn1nccc1Nc1nccc(-c2ccn3c(CC(C)(C)O)nnc3c2)n1. The Hall–Kier alpha value is -3.33. The van der Waals surface area contributed by atoms with Gasteiger partial charge >= 0.3 is 0 Å². The molecular weight excluding hydrogens is 344 g/mol. The standard InChI is InChI=1S/C18H20N8O/c1-18(2,27)11-16-24-23-15-10-12(6-9-26(15)16)13-4-7-19-17(21-13)22-14-5-8-20-25(14)3/h4-10,27H,11H2,1-3H3,(H,19,21,22). The van der Waals surface area contributed by atoms with Crippen LogP contribution in [0.2, 0.25) is 0 Å². The second-order valence-corrected chi connectivity index (χ2v) is 6.98. The van der Waals surface area contributed by atoms with Gasteiger partial charge in [0, 0.05) is 37.5 Å². The summed E-state index contributed by atoms with van der Waals surface area (Å²) < 4.78 is 3.58. The van der Waals surface area contributed by atoms with Crippen LogP contribution in [-0.4, -0.2) is 45.1 Å². The highest BCUT2D eigenvalue weighted by Gasteiger charge is 2.18. The van der Waals surface area contributed by atoms with E-state index < -0.39 is 5.60 Å². The first-order valence-electron chi connectivity index (χ1n) is 8.53. The van der Waals surface area contributed by atoms with E-state index >= 15 is 0 Å². The van der Waals surface area contributed by atoms with Gasteiger partial charge in [-0.3, -0.25) is 9.08 Å². The molecule has 0 saturated carbocycles. The van der Waals surface area contributed by atoms with Crippen molar-refractivity contribution in [3.8, 4) is 11.3 Å². The number of aryl methyl sites for hydroxylation is 1. The van der Waals surface area contributed by atoms with Gasteiger partial charge in [-0.2, -0.15) is 5.10 Å². The van der Waals surface area contributed by atoms with E-state index in [1.54, 1.807) is 30.9 Å². The fourth-order valence-electron chi connectivity index (χ4n) is 2.80. The highest BCUT2D eigenvalue weighted by molar-refractivity contribution is 5.65. The van der Waals surface area contributed by atoms with Gasteiger partial charge in [-0.1, -0.05) is 0 Å². The number of aromatic nitrogens is 7. The van der Waals surface area contributed by atoms with Crippen LogP contribution in [0, 0.1) is 0 Å². The Balaban J connectivity index is 1.64. The zero-order valence-electron chi connectivity index (χ0n) is 15.3. The third-order valence-electron chi connectivity index (χ3n) is 4.08. The van der Waals surface area contributed by atoms with Crippen LogP contribution in [0.5, 0.6) is 0 Å². The van der Waals surface area contributed by atoms with Gasteiger partial charge in [-0.05, 0) is 32.0 Å². The van der Waals surface area contributed by atoms with Crippen molar-refractivity contribution in [3.63, 3.8) is 0 Å². The third-order valence-corrected chi connectivity index (χ3v) is 4.08. The number of anilines is 2. The lowest BCUT2D eigenvalue weighted by atomic mass is 10.1.